The average Bonchev–Trinajstić information content (AvgIpc) is 3.18. The largest absolute Gasteiger partial charge is 0.480 e. The van der Waals surface area contributed by atoms with Gasteiger partial charge in [0.05, 0.1) is 0 Å². The molecule has 0 saturated carbocycles. The summed E-state index contributed by atoms with van der Waals surface area (Å²) >= 11 is 0. The Morgan fingerprint density at radius 1 is 0.960 bits per heavy atom. The molecule has 2 aliphatic heterocycles. The summed E-state index contributed by atoms with van der Waals surface area (Å²) in [5.74, 6) is -0.786. The van der Waals surface area contributed by atoms with Crippen molar-refractivity contribution in [2.75, 3.05) is 10.6 Å². The quantitative estimate of drug-likeness (QED) is 0.712. The highest BCUT2D eigenvalue weighted by molar-refractivity contribution is 5.81. The first-order valence-corrected chi connectivity index (χ1v) is 8.96. The van der Waals surface area contributed by atoms with Crippen LogP contribution in [0.15, 0.2) is 48.5 Å². The molecule has 3 N–H and O–H groups in total. The highest BCUT2D eigenvalue weighted by atomic mass is 16.4. The third kappa shape index (κ3) is 5.24. The number of nitrogens with one attached hydrogen (secondary N) is 2. The predicted molar refractivity (Wildman–Crippen MR) is 104 cm³/mol. The third-order valence-electron chi connectivity index (χ3n) is 4.01. The summed E-state index contributed by atoms with van der Waals surface area (Å²) in [6, 6.07) is 16.3. The second-order valence-electron chi connectivity index (χ2n) is 6.51. The number of aliphatic carboxylic acids is 1. The van der Waals surface area contributed by atoms with Crippen LogP contribution in [0.1, 0.15) is 38.3 Å². The Kier molecular flexibility index (Phi) is 6.87. The van der Waals surface area contributed by atoms with E-state index in [9.17, 15) is 4.79 Å². The van der Waals surface area contributed by atoms with Crippen molar-refractivity contribution in [2.24, 2.45) is 0 Å². The van der Waals surface area contributed by atoms with Crippen LogP contribution < -0.4 is 10.6 Å². The number of hydrogen-bond acceptors (Lipinski definition) is 3. The van der Waals surface area contributed by atoms with Crippen LogP contribution in [-0.2, 0) is 17.6 Å². The molecule has 0 spiro atoms. The molecule has 25 heavy (non-hydrogen) atoms. The molecule has 2 aromatic carbocycles. The second kappa shape index (κ2) is 9.11. The molecular weight excluding hydrogens is 312 g/mol. The molecule has 134 valence electrons. The van der Waals surface area contributed by atoms with Gasteiger partial charge in [0.15, 0.2) is 0 Å². The van der Waals surface area contributed by atoms with Crippen molar-refractivity contribution in [3.63, 3.8) is 0 Å². The highest BCUT2D eigenvalue weighted by Crippen LogP contribution is 2.25. The van der Waals surface area contributed by atoms with Crippen LogP contribution >= 0.6 is 0 Å². The van der Waals surface area contributed by atoms with Gasteiger partial charge in [-0.1, -0.05) is 56.7 Å². The lowest BCUT2D eigenvalue weighted by molar-refractivity contribution is -0.137. The Morgan fingerprint density at radius 3 is 1.92 bits per heavy atom. The number of anilines is 2. The monoisotopic (exact) mass is 340 g/mol. The Bertz CT molecular complexity index is 650. The first-order valence-electron chi connectivity index (χ1n) is 8.96. The van der Waals surface area contributed by atoms with Crippen LogP contribution in [-0.4, -0.2) is 23.2 Å². The molecule has 4 rings (SSSR count). The minimum absolute atomic E-state index is 0.442. The lowest BCUT2D eigenvalue weighted by Crippen LogP contribution is -2.26. The topological polar surface area (TPSA) is 61.4 Å². The molecule has 0 amide bonds. The van der Waals surface area contributed by atoms with Gasteiger partial charge in [-0.25, -0.2) is 4.79 Å². The zero-order chi connectivity index (χ0) is 18.2. The number of carboxylic acids is 1. The summed E-state index contributed by atoms with van der Waals surface area (Å²) in [5, 5.41) is 15.1. The van der Waals surface area contributed by atoms with Crippen LogP contribution in [0.25, 0.3) is 0 Å². The molecule has 0 saturated heterocycles. The second-order valence-corrected chi connectivity index (χ2v) is 6.51. The summed E-state index contributed by atoms with van der Waals surface area (Å²) in [5.41, 5.74) is 4.81. The molecular formula is C21H28N2O2. The zero-order valence-corrected chi connectivity index (χ0v) is 15.3. The molecule has 2 aromatic rings. The molecule has 4 nitrogen and oxygen atoms in total. The lowest BCUT2D eigenvalue weighted by Gasteiger charge is -2.02. The van der Waals surface area contributed by atoms with Gasteiger partial charge in [-0.3, -0.25) is 0 Å². The normalized spacial score (nSPS) is 19.0. The molecule has 0 unspecified atom stereocenters. The van der Waals surface area contributed by atoms with Gasteiger partial charge >= 0.3 is 5.97 Å². The van der Waals surface area contributed by atoms with Crippen LogP contribution in [0.3, 0.4) is 0 Å². The lowest BCUT2D eigenvalue weighted by atomic mass is 10.1. The third-order valence-corrected chi connectivity index (χ3v) is 4.01. The van der Waals surface area contributed by atoms with Crippen molar-refractivity contribution < 1.29 is 9.90 Å². The Morgan fingerprint density at radius 2 is 1.44 bits per heavy atom. The maximum absolute atomic E-state index is 10.6. The van der Waals surface area contributed by atoms with E-state index in [1.807, 2.05) is 24.3 Å². The fourth-order valence-electron chi connectivity index (χ4n) is 2.93. The van der Waals surface area contributed by atoms with Gasteiger partial charge in [-0.2, -0.15) is 0 Å². The van der Waals surface area contributed by atoms with Gasteiger partial charge in [-0.15, -0.1) is 0 Å². The first kappa shape index (κ1) is 18.8. The molecule has 0 fully saturated rings. The smallest absolute Gasteiger partial charge is 0.326 e. The maximum atomic E-state index is 10.6. The summed E-state index contributed by atoms with van der Waals surface area (Å²) in [6.07, 6.45) is 3.02. The van der Waals surface area contributed by atoms with Crippen LogP contribution in [0.4, 0.5) is 11.4 Å². The van der Waals surface area contributed by atoms with Gasteiger partial charge < -0.3 is 15.7 Å². The van der Waals surface area contributed by atoms with Gasteiger partial charge in [0.2, 0.25) is 0 Å². The predicted octanol–water partition coefficient (Wildman–Crippen LogP) is 4.57. The molecule has 2 atom stereocenters. The standard InChI is InChI=1S/C9H9NO2.C9H11N.C3H8/c11-9(12)8-5-6-3-1-2-4-7(6)10-8;1-7-6-8-4-2-3-5-9(8)10-7;1-3-2/h1-4,8,10H,5H2,(H,11,12);2-5,7,10H,6H2,1H3;3H2,1-2H3/t8-;7-;/m01./s1. The van der Waals surface area contributed by atoms with E-state index in [-0.39, 0.29) is 0 Å². The van der Waals surface area contributed by atoms with Gasteiger partial charge in [0.25, 0.3) is 0 Å². The Hall–Kier alpha value is -2.49. The zero-order valence-electron chi connectivity index (χ0n) is 15.3. The van der Waals surface area contributed by atoms with E-state index < -0.39 is 12.0 Å². The number of benzene rings is 2. The number of fused-ring (bicyclic) bond motifs is 2. The van der Waals surface area contributed by atoms with Crippen molar-refractivity contribution in [1.82, 2.24) is 0 Å². The van der Waals surface area contributed by atoms with E-state index in [1.165, 1.54) is 24.1 Å². The van der Waals surface area contributed by atoms with E-state index in [0.29, 0.717) is 12.5 Å². The minimum Gasteiger partial charge on any atom is -0.480 e. The fraction of sp³-hybridized carbons (Fsp3) is 0.381. The van der Waals surface area contributed by atoms with E-state index in [1.54, 1.807) is 0 Å². The molecule has 4 heteroatoms. The average molecular weight is 340 g/mol. The van der Waals surface area contributed by atoms with Crippen molar-refractivity contribution >= 4 is 17.3 Å². The van der Waals surface area contributed by atoms with E-state index in [4.69, 9.17) is 5.11 Å². The Labute approximate surface area is 150 Å². The fourth-order valence-corrected chi connectivity index (χ4v) is 2.93. The summed E-state index contributed by atoms with van der Waals surface area (Å²) in [4.78, 5) is 10.6. The van der Waals surface area contributed by atoms with Crippen LogP contribution in [0.2, 0.25) is 0 Å². The molecule has 0 aliphatic carbocycles. The van der Waals surface area contributed by atoms with Crippen molar-refractivity contribution in [2.45, 2.75) is 52.1 Å². The van der Waals surface area contributed by atoms with Gasteiger partial charge in [-0.05, 0) is 36.6 Å². The number of rotatable bonds is 1. The number of hydrogen-bond donors (Lipinski definition) is 3. The van der Waals surface area contributed by atoms with Crippen molar-refractivity contribution in [3.05, 3.63) is 59.7 Å². The Balaban J connectivity index is 0.000000158. The number of carboxylic acid groups (broad SMARTS) is 1. The molecule has 0 aromatic heterocycles. The molecule has 0 bridgehead atoms. The number of carbonyl (C=O) groups is 1. The van der Waals surface area contributed by atoms with E-state index in [0.717, 1.165) is 11.3 Å². The summed E-state index contributed by atoms with van der Waals surface area (Å²) in [7, 11) is 0. The van der Waals surface area contributed by atoms with Gasteiger partial charge in [0.1, 0.15) is 6.04 Å². The molecule has 2 aliphatic rings. The minimum atomic E-state index is -0.786. The SMILES string of the molecule is CCC.C[C@@H]1Cc2ccccc2N1.O=C(O)[C@@H]1Cc2ccccc2N1. The van der Waals surface area contributed by atoms with E-state index in [2.05, 4.69) is 55.7 Å². The summed E-state index contributed by atoms with van der Waals surface area (Å²) in [6.45, 7) is 6.46. The van der Waals surface area contributed by atoms with Crippen LogP contribution in [0.5, 0.6) is 0 Å². The molecule has 0 radical (unpaired) electrons. The van der Waals surface area contributed by atoms with Crippen molar-refractivity contribution in [3.8, 4) is 0 Å². The van der Waals surface area contributed by atoms with Gasteiger partial charge in [0, 0.05) is 23.8 Å². The van der Waals surface area contributed by atoms with Crippen molar-refractivity contribution in [1.29, 1.82) is 0 Å². The maximum Gasteiger partial charge on any atom is 0.326 e. The highest BCUT2D eigenvalue weighted by Gasteiger charge is 2.25. The van der Waals surface area contributed by atoms with Crippen LogP contribution in [0, 0.1) is 0 Å². The summed E-state index contributed by atoms with van der Waals surface area (Å²) < 4.78 is 0. The van der Waals surface area contributed by atoms with E-state index >= 15 is 0 Å². The number of para-hydroxylation sites is 2. The molecule has 2 heterocycles. The first-order chi connectivity index (χ1) is 12.0.